The molecule has 0 saturated heterocycles. The fourth-order valence-electron chi connectivity index (χ4n) is 1.91. The molecule has 0 aliphatic heterocycles. The maximum absolute atomic E-state index is 13.0. The predicted molar refractivity (Wildman–Crippen MR) is 74.8 cm³/mol. The van der Waals surface area contributed by atoms with Crippen LogP contribution in [0.5, 0.6) is 0 Å². The number of nitrogens with one attached hydrogen (secondary N) is 1. The summed E-state index contributed by atoms with van der Waals surface area (Å²) in [6.45, 7) is 0.0344. The van der Waals surface area contributed by atoms with E-state index in [1.165, 1.54) is 6.07 Å². The fourth-order valence-corrected chi connectivity index (χ4v) is 1.91. The molecule has 110 valence electrons. The molecule has 0 heterocycles. The van der Waals surface area contributed by atoms with Gasteiger partial charge in [-0.3, -0.25) is 4.79 Å². The van der Waals surface area contributed by atoms with Crippen molar-refractivity contribution in [2.45, 2.75) is 12.5 Å². The van der Waals surface area contributed by atoms with Crippen LogP contribution in [0, 0.1) is 11.6 Å². The van der Waals surface area contributed by atoms with Gasteiger partial charge in [-0.2, -0.15) is 0 Å². The minimum Gasteiger partial charge on any atom is -0.391 e. The lowest BCUT2D eigenvalue weighted by Gasteiger charge is -2.12. The van der Waals surface area contributed by atoms with E-state index in [-0.39, 0.29) is 12.1 Å². The van der Waals surface area contributed by atoms with Crippen molar-refractivity contribution in [1.82, 2.24) is 5.32 Å². The van der Waals surface area contributed by atoms with Gasteiger partial charge in [-0.05, 0) is 23.8 Å². The number of amides is 1. The van der Waals surface area contributed by atoms with Crippen LogP contribution in [0.3, 0.4) is 0 Å². The molecule has 1 atom stereocenters. The standard InChI is InChI=1S/C16H15F2NO2/c17-14-7-6-12(9-15(14)18)16(21)19-10-13(20)8-11-4-2-1-3-5-11/h1-7,9,13,20H,8,10H2,(H,19,21). The highest BCUT2D eigenvalue weighted by Gasteiger charge is 2.12. The van der Waals surface area contributed by atoms with Crippen LogP contribution in [0.25, 0.3) is 0 Å². The molecule has 2 rings (SSSR count). The maximum Gasteiger partial charge on any atom is 0.251 e. The average molecular weight is 291 g/mol. The zero-order valence-electron chi connectivity index (χ0n) is 11.2. The molecule has 2 aromatic carbocycles. The smallest absolute Gasteiger partial charge is 0.251 e. The highest BCUT2D eigenvalue weighted by atomic mass is 19.2. The monoisotopic (exact) mass is 291 g/mol. The van der Waals surface area contributed by atoms with Gasteiger partial charge in [0.1, 0.15) is 0 Å². The third kappa shape index (κ3) is 4.36. The first-order valence-corrected chi connectivity index (χ1v) is 6.51. The summed E-state index contributed by atoms with van der Waals surface area (Å²) in [7, 11) is 0. The minimum atomic E-state index is -1.08. The summed E-state index contributed by atoms with van der Waals surface area (Å²) in [5, 5.41) is 12.3. The number of carbonyl (C=O) groups excluding carboxylic acids is 1. The van der Waals surface area contributed by atoms with Crippen molar-refractivity contribution >= 4 is 5.91 Å². The number of halogens is 2. The van der Waals surface area contributed by atoms with E-state index >= 15 is 0 Å². The molecule has 0 spiro atoms. The van der Waals surface area contributed by atoms with E-state index < -0.39 is 23.6 Å². The summed E-state index contributed by atoms with van der Waals surface area (Å²) in [6, 6.07) is 12.3. The molecule has 1 amide bonds. The molecule has 0 saturated carbocycles. The van der Waals surface area contributed by atoms with Crippen molar-refractivity contribution in [3.63, 3.8) is 0 Å². The van der Waals surface area contributed by atoms with E-state index in [0.717, 1.165) is 17.7 Å². The molecule has 2 aromatic rings. The number of hydrogen-bond acceptors (Lipinski definition) is 2. The fraction of sp³-hybridized carbons (Fsp3) is 0.188. The molecule has 2 N–H and O–H groups in total. The summed E-state index contributed by atoms with van der Waals surface area (Å²) in [4.78, 5) is 11.8. The van der Waals surface area contributed by atoms with Crippen LogP contribution in [0.15, 0.2) is 48.5 Å². The van der Waals surface area contributed by atoms with E-state index in [2.05, 4.69) is 5.32 Å². The van der Waals surface area contributed by atoms with Gasteiger partial charge in [0.2, 0.25) is 0 Å². The van der Waals surface area contributed by atoms with Crippen LogP contribution in [0.1, 0.15) is 15.9 Å². The van der Waals surface area contributed by atoms with Crippen LogP contribution in [0.2, 0.25) is 0 Å². The van der Waals surface area contributed by atoms with Gasteiger partial charge in [0.15, 0.2) is 11.6 Å². The minimum absolute atomic E-state index is 0.0146. The number of aliphatic hydroxyl groups excluding tert-OH is 1. The molecule has 0 radical (unpaired) electrons. The number of aliphatic hydroxyl groups is 1. The van der Waals surface area contributed by atoms with E-state index in [1.54, 1.807) is 0 Å². The van der Waals surface area contributed by atoms with E-state index in [9.17, 15) is 18.7 Å². The van der Waals surface area contributed by atoms with Gasteiger partial charge in [0, 0.05) is 18.5 Å². The van der Waals surface area contributed by atoms with Crippen LogP contribution in [-0.2, 0) is 6.42 Å². The van der Waals surface area contributed by atoms with Crippen molar-refractivity contribution < 1.29 is 18.7 Å². The van der Waals surface area contributed by atoms with E-state index in [0.29, 0.717) is 6.42 Å². The first-order valence-electron chi connectivity index (χ1n) is 6.51. The van der Waals surface area contributed by atoms with Gasteiger partial charge in [-0.1, -0.05) is 30.3 Å². The second kappa shape index (κ2) is 6.95. The molecule has 0 bridgehead atoms. The Labute approximate surface area is 121 Å². The average Bonchev–Trinajstić information content (AvgIpc) is 2.48. The summed E-state index contributed by atoms with van der Waals surface area (Å²) in [6.07, 6.45) is -0.347. The Morgan fingerprint density at radius 1 is 1.10 bits per heavy atom. The van der Waals surface area contributed by atoms with Gasteiger partial charge < -0.3 is 10.4 Å². The van der Waals surface area contributed by atoms with Crippen LogP contribution >= 0.6 is 0 Å². The number of hydrogen-bond donors (Lipinski definition) is 2. The quantitative estimate of drug-likeness (QED) is 0.888. The Kier molecular flexibility index (Phi) is 5.00. The Hall–Kier alpha value is -2.27. The van der Waals surface area contributed by atoms with Crippen molar-refractivity contribution in [1.29, 1.82) is 0 Å². The molecule has 0 aliphatic carbocycles. The van der Waals surface area contributed by atoms with Gasteiger partial charge in [-0.15, -0.1) is 0 Å². The van der Waals surface area contributed by atoms with E-state index in [4.69, 9.17) is 0 Å². The number of rotatable bonds is 5. The van der Waals surface area contributed by atoms with Crippen molar-refractivity contribution in [3.05, 3.63) is 71.3 Å². The molecular weight excluding hydrogens is 276 g/mol. The summed E-state index contributed by atoms with van der Waals surface area (Å²) in [5.74, 6) is -2.64. The van der Waals surface area contributed by atoms with Crippen LogP contribution < -0.4 is 5.32 Å². The van der Waals surface area contributed by atoms with Crippen LogP contribution in [0.4, 0.5) is 8.78 Å². The molecule has 21 heavy (non-hydrogen) atoms. The van der Waals surface area contributed by atoms with Crippen molar-refractivity contribution in [2.24, 2.45) is 0 Å². The zero-order valence-corrected chi connectivity index (χ0v) is 11.2. The number of carbonyl (C=O) groups is 1. The number of benzene rings is 2. The lowest BCUT2D eigenvalue weighted by Crippen LogP contribution is -2.33. The van der Waals surface area contributed by atoms with E-state index in [1.807, 2.05) is 30.3 Å². The first kappa shape index (κ1) is 15.1. The summed E-state index contributed by atoms with van der Waals surface area (Å²) < 4.78 is 25.8. The lowest BCUT2D eigenvalue weighted by molar-refractivity contribution is 0.0915. The van der Waals surface area contributed by atoms with Crippen LogP contribution in [-0.4, -0.2) is 23.7 Å². The molecular formula is C16H15F2NO2. The van der Waals surface area contributed by atoms with Gasteiger partial charge in [0.05, 0.1) is 6.10 Å². The van der Waals surface area contributed by atoms with Crippen molar-refractivity contribution in [2.75, 3.05) is 6.54 Å². The highest BCUT2D eigenvalue weighted by Crippen LogP contribution is 2.08. The van der Waals surface area contributed by atoms with Crippen molar-refractivity contribution in [3.8, 4) is 0 Å². The lowest BCUT2D eigenvalue weighted by atomic mass is 10.1. The zero-order chi connectivity index (χ0) is 15.2. The summed E-state index contributed by atoms with van der Waals surface area (Å²) in [5.41, 5.74) is 0.966. The second-order valence-electron chi connectivity index (χ2n) is 4.68. The maximum atomic E-state index is 13.0. The van der Waals surface area contributed by atoms with Gasteiger partial charge >= 0.3 is 0 Å². The second-order valence-corrected chi connectivity index (χ2v) is 4.68. The molecule has 3 nitrogen and oxygen atoms in total. The predicted octanol–water partition coefficient (Wildman–Crippen LogP) is 2.30. The Morgan fingerprint density at radius 3 is 2.48 bits per heavy atom. The van der Waals surface area contributed by atoms with Gasteiger partial charge in [-0.25, -0.2) is 8.78 Å². The largest absolute Gasteiger partial charge is 0.391 e. The molecule has 0 fully saturated rings. The third-order valence-electron chi connectivity index (χ3n) is 2.99. The third-order valence-corrected chi connectivity index (χ3v) is 2.99. The highest BCUT2D eigenvalue weighted by molar-refractivity contribution is 5.94. The first-order chi connectivity index (χ1) is 10.1. The molecule has 1 unspecified atom stereocenters. The Balaban J connectivity index is 1.87. The Bertz CT molecular complexity index is 617. The van der Waals surface area contributed by atoms with Gasteiger partial charge in [0.25, 0.3) is 5.91 Å². The summed E-state index contributed by atoms with van der Waals surface area (Å²) >= 11 is 0. The Morgan fingerprint density at radius 2 is 1.81 bits per heavy atom. The molecule has 0 aromatic heterocycles. The SMILES string of the molecule is O=C(NCC(O)Cc1ccccc1)c1ccc(F)c(F)c1. The molecule has 0 aliphatic rings. The topological polar surface area (TPSA) is 49.3 Å². The molecule has 5 heteroatoms. The normalized spacial score (nSPS) is 12.0.